The molecule has 1 amide bonds. The number of nitrogens with two attached hydrogens (primary N) is 1. The summed E-state index contributed by atoms with van der Waals surface area (Å²) in [6, 6.07) is 21.1. The van der Waals surface area contributed by atoms with Gasteiger partial charge < -0.3 is 16.4 Å². The summed E-state index contributed by atoms with van der Waals surface area (Å²) >= 11 is 0. The van der Waals surface area contributed by atoms with Crippen LogP contribution < -0.4 is 21.9 Å². The van der Waals surface area contributed by atoms with Gasteiger partial charge in [-0.25, -0.2) is 4.98 Å². The molecule has 2 aromatic heterocycles. The van der Waals surface area contributed by atoms with Crippen LogP contribution in [0.5, 0.6) is 0 Å². The number of carbonyl (C=O) groups excluding carboxylic acids is 1. The van der Waals surface area contributed by atoms with Crippen molar-refractivity contribution in [3.8, 4) is 22.4 Å². The van der Waals surface area contributed by atoms with E-state index in [2.05, 4.69) is 15.6 Å². The third kappa shape index (κ3) is 6.81. The maximum Gasteiger partial charge on any atom is 0.263 e. The minimum Gasteiger partial charge on any atom is -0.353 e. The fraction of sp³-hybridized carbons (Fsp3) is 0.214. The highest BCUT2D eigenvalue weighted by atomic mass is 35.5. The van der Waals surface area contributed by atoms with E-state index in [1.165, 1.54) is 4.57 Å². The summed E-state index contributed by atoms with van der Waals surface area (Å²) in [6.45, 7) is 2.26. The van der Waals surface area contributed by atoms with Crippen molar-refractivity contribution in [2.24, 2.45) is 12.8 Å². The van der Waals surface area contributed by atoms with Gasteiger partial charge in [0.25, 0.3) is 5.56 Å². The fourth-order valence-corrected chi connectivity index (χ4v) is 4.11. The van der Waals surface area contributed by atoms with E-state index in [9.17, 15) is 9.59 Å². The second-order valence-electron chi connectivity index (χ2n) is 8.67. The first-order valence-electron chi connectivity index (χ1n) is 11.8. The Kier molecular flexibility index (Phi) is 9.54. The first kappa shape index (κ1) is 27.6. The molecule has 0 saturated heterocycles. The Morgan fingerprint density at radius 3 is 2.43 bits per heavy atom. The Bertz CT molecular complexity index is 1390. The molecule has 0 spiro atoms. The number of rotatable bonds is 9. The molecular weight excluding hydrogens is 488 g/mol. The lowest BCUT2D eigenvalue weighted by Gasteiger charge is -2.21. The minimum atomic E-state index is -0.249. The molecule has 2 heterocycles. The molecule has 2 aromatic carbocycles. The van der Waals surface area contributed by atoms with E-state index in [0.29, 0.717) is 30.2 Å². The predicted octanol–water partition coefficient (Wildman–Crippen LogP) is 3.34. The fourth-order valence-electron chi connectivity index (χ4n) is 4.11. The zero-order valence-electron chi connectivity index (χ0n) is 20.8. The number of hydrogen-bond donors (Lipinski definition) is 3. The summed E-state index contributed by atoms with van der Waals surface area (Å²) in [7, 11) is 1.69. The molecular formula is C28H31ClN6O2. The van der Waals surface area contributed by atoms with Crippen LogP contribution in [0.4, 0.5) is 5.95 Å². The third-order valence-electron chi connectivity index (χ3n) is 5.93. The van der Waals surface area contributed by atoms with E-state index < -0.39 is 0 Å². The second-order valence-corrected chi connectivity index (χ2v) is 8.67. The van der Waals surface area contributed by atoms with Crippen LogP contribution in [0, 0.1) is 6.92 Å². The number of nitrogens with zero attached hydrogens (tertiary/aromatic N) is 3. The number of nitrogens with one attached hydrogen (secondary N) is 2. The topological polar surface area (TPSA) is 115 Å². The maximum absolute atomic E-state index is 13.6. The Labute approximate surface area is 222 Å². The van der Waals surface area contributed by atoms with E-state index in [-0.39, 0.29) is 36.5 Å². The van der Waals surface area contributed by atoms with E-state index >= 15 is 0 Å². The number of pyridine rings is 1. The molecule has 0 fully saturated rings. The number of hydrogen-bond acceptors (Lipinski definition) is 6. The van der Waals surface area contributed by atoms with Crippen LogP contribution in [0.2, 0.25) is 0 Å². The zero-order valence-corrected chi connectivity index (χ0v) is 21.7. The molecule has 0 bridgehead atoms. The van der Waals surface area contributed by atoms with Gasteiger partial charge in [-0.05, 0) is 36.6 Å². The summed E-state index contributed by atoms with van der Waals surface area (Å²) in [5.74, 6) is 0.162. The van der Waals surface area contributed by atoms with Gasteiger partial charge in [0.15, 0.2) is 0 Å². The van der Waals surface area contributed by atoms with Crippen molar-refractivity contribution >= 4 is 24.3 Å². The summed E-state index contributed by atoms with van der Waals surface area (Å²) in [4.78, 5) is 34.7. The van der Waals surface area contributed by atoms with Crippen molar-refractivity contribution in [3.63, 3.8) is 0 Å². The normalized spacial score (nSPS) is 11.3. The number of aryl methyl sites for hydroxylation is 1. The lowest BCUT2D eigenvalue weighted by molar-refractivity contribution is -0.120. The molecule has 0 saturated carbocycles. The number of aromatic nitrogens is 3. The van der Waals surface area contributed by atoms with Crippen molar-refractivity contribution in [3.05, 3.63) is 101 Å². The van der Waals surface area contributed by atoms with Crippen molar-refractivity contribution in [1.29, 1.82) is 0 Å². The third-order valence-corrected chi connectivity index (χ3v) is 5.93. The highest BCUT2D eigenvalue weighted by Crippen LogP contribution is 2.29. The maximum atomic E-state index is 13.6. The van der Waals surface area contributed by atoms with Gasteiger partial charge >= 0.3 is 0 Å². The van der Waals surface area contributed by atoms with Crippen LogP contribution in [0.15, 0.2) is 83.9 Å². The molecule has 1 atom stereocenters. The first-order chi connectivity index (χ1) is 17.5. The highest BCUT2D eigenvalue weighted by Gasteiger charge is 2.19. The number of carbonyl (C=O) groups is 1. The second kappa shape index (κ2) is 12.8. The lowest BCUT2D eigenvalue weighted by Crippen LogP contribution is -2.44. The van der Waals surface area contributed by atoms with E-state index in [1.807, 2.05) is 73.7 Å². The predicted molar refractivity (Wildman–Crippen MR) is 150 cm³/mol. The lowest BCUT2D eigenvalue weighted by atomic mass is 9.99. The highest BCUT2D eigenvalue weighted by molar-refractivity contribution is 5.85. The average molecular weight is 519 g/mol. The number of amides is 1. The van der Waals surface area contributed by atoms with Crippen LogP contribution in [0.25, 0.3) is 22.4 Å². The number of halogens is 1. The largest absolute Gasteiger partial charge is 0.353 e. The first-order valence-corrected chi connectivity index (χ1v) is 11.8. The van der Waals surface area contributed by atoms with E-state index in [0.717, 1.165) is 22.3 Å². The molecule has 192 valence electrons. The molecule has 9 heteroatoms. The summed E-state index contributed by atoms with van der Waals surface area (Å²) < 4.78 is 1.51. The smallest absolute Gasteiger partial charge is 0.263 e. The SMILES string of the molecule is Cc1cccc(-c2c(-c3ccncc3)nc(NC[C@H](Cc3ccccc3)NC(=O)CN)n(C)c2=O)c1.Cl. The van der Waals surface area contributed by atoms with Crippen LogP contribution in [0.1, 0.15) is 11.1 Å². The molecule has 0 unspecified atom stereocenters. The quantitative estimate of drug-likeness (QED) is 0.313. The molecule has 0 radical (unpaired) electrons. The Balaban J connectivity index is 0.00000380. The molecule has 4 N–H and O–H groups in total. The molecule has 8 nitrogen and oxygen atoms in total. The summed E-state index contributed by atoms with van der Waals surface area (Å²) in [6.07, 6.45) is 3.96. The van der Waals surface area contributed by atoms with Crippen molar-refractivity contribution < 1.29 is 4.79 Å². The van der Waals surface area contributed by atoms with Crippen molar-refractivity contribution in [2.75, 3.05) is 18.4 Å². The average Bonchev–Trinajstić information content (AvgIpc) is 2.90. The Hall–Kier alpha value is -4.01. The van der Waals surface area contributed by atoms with Gasteiger partial charge in [-0.2, -0.15) is 0 Å². The van der Waals surface area contributed by atoms with E-state index in [1.54, 1.807) is 19.4 Å². The Morgan fingerprint density at radius 1 is 1.03 bits per heavy atom. The molecule has 4 rings (SSSR count). The van der Waals surface area contributed by atoms with Gasteiger partial charge in [0.1, 0.15) is 0 Å². The van der Waals surface area contributed by atoms with Gasteiger partial charge in [-0.3, -0.25) is 19.1 Å². The van der Waals surface area contributed by atoms with Gasteiger partial charge in [0.05, 0.1) is 23.8 Å². The van der Waals surface area contributed by atoms with E-state index in [4.69, 9.17) is 10.7 Å². The van der Waals surface area contributed by atoms with Crippen molar-refractivity contribution in [1.82, 2.24) is 19.9 Å². The Morgan fingerprint density at radius 2 is 1.76 bits per heavy atom. The van der Waals surface area contributed by atoms with Crippen LogP contribution in [-0.2, 0) is 18.3 Å². The van der Waals surface area contributed by atoms with Gasteiger partial charge in [0, 0.05) is 31.5 Å². The molecule has 0 aliphatic heterocycles. The summed E-state index contributed by atoms with van der Waals surface area (Å²) in [5, 5.41) is 6.24. The molecule has 0 aliphatic carbocycles. The van der Waals surface area contributed by atoms with Crippen LogP contribution >= 0.6 is 12.4 Å². The molecule has 37 heavy (non-hydrogen) atoms. The van der Waals surface area contributed by atoms with Crippen molar-refractivity contribution in [2.45, 2.75) is 19.4 Å². The van der Waals surface area contributed by atoms with Gasteiger partial charge in [-0.15, -0.1) is 12.4 Å². The standard InChI is InChI=1S/C28H30N6O2.ClH/c1-19-7-6-10-22(15-19)25-26(21-11-13-30-14-12-21)33-28(34(2)27(25)36)31-18-23(32-24(35)17-29)16-20-8-4-3-5-9-20;/h3-15,23H,16-18,29H2,1-2H3,(H,31,33)(H,32,35);1H/t23-;/m0./s1. The summed E-state index contributed by atoms with van der Waals surface area (Å²) in [5.41, 5.74) is 10.2. The number of anilines is 1. The minimum absolute atomic E-state index is 0. The number of benzene rings is 2. The van der Waals surface area contributed by atoms with Crippen LogP contribution in [0.3, 0.4) is 0 Å². The molecule has 4 aromatic rings. The van der Waals surface area contributed by atoms with Gasteiger partial charge in [0.2, 0.25) is 11.9 Å². The zero-order chi connectivity index (χ0) is 25.5. The van der Waals surface area contributed by atoms with Gasteiger partial charge in [-0.1, -0.05) is 60.2 Å². The molecule has 0 aliphatic rings. The van der Waals surface area contributed by atoms with Crippen LogP contribution in [-0.4, -0.2) is 39.6 Å². The monoisotopic (exact) mass is 518 g/mol.